The molecule has 1 aromatic carbocycles. The van der Waals surface area contributed by atoms with Gasteiger partial charge in [0.25, 0.3) is 11.8 Å². The summed E-state index contributed by atoms with van der Waals surface area (Å²) in [6.45, 7) is 0.135. The zero-order valence-corrected chi connectivity index (χ0v) is 10.8. The fourth-order valence-corrected chi connectivity index (χ4v) is 2.51. The molecule has 0 bridgehead atoms. The van der Waals surface area contributed by atoms with Gasteiger partial charge in [0.05, 0.1) is 6.54 Å². The molecule has 0 saturated carbocycles. The molecule has 7 heteroatoms. The standard InChI is InChI=1S/C14H11N3O4/c1-2-14(12(20)15-13(21)16-14)7-17-6-8-3-4-9(18)5-10(8)11(17)19/h1,3-5,18H,6-7H2,(H2,15,16,20,21). The van der Waals surface area contributed by atoms with Crippen LogP contribution in [-0.4, -0.2) is 39.9 Å². The minimum absolute atomic E-state index is 0.0116. The lowest BCUT2D eigenvalue weighted by Gasteiger charge is -2.26. The number of phenolic OH excluding ortho intramolecular Hbond substituents is 1. The van der Waals surface area contributed by atoms with Gasteiger partial charge in [0, 0.05) is 12.1 Å². The maximum Gasteiger partial charge on any atom is 0.323 e. The van der Waals surface area contributed by atoms with E-state index in [9.17, 15) is 19.5 Å². The minimum atomic E-state index is -1.56. The smallest absolute Gasteiger partial charge is 0.323 e. The molecule has 3 N–H and O–H groups in total. The fraction of sp³-hybridized carbons (Fsp3) is 0.214. The topological polar surface area (TPSA) is 98.7 Å². The van der Waals surface area contributed by atoms with Gasteiger partial charge in [0.1, 0.15) is 5.75 Å². The zero-order chi connectivity index (χ0) is 15.2. The molecule has 2 aliphatic heterocycles. The van der Waals surface area contributed by atoms with E-state index in [2.05, 4.69) is 16.6 Å². The molecule has 0 spiro atoms. The Balaban J connectivity index is 1.88. The summed E-state index contributed by atoms with van der Waals surface area (Å²) in [5.41, 5.74) is -0.460. The van der Waals surface area contributed by atoms with Gasteiger partial charge < -0.3 is 15.3 Å². The van der Waals surface area contributed by atoms with Crippen LogP contribution in [0.2, 0.25) is 0 Å². The van der Waals surface area contributed by atoms with Gasteiger partial charge in [-0.05, 0) is 17.7 Å². The van der Waals surface area contributed by atoms with E-state index < -0.39 is 17.5 Å². The van der Waals surface area contributed by atoms with E-state index in [0.717, 1.165) is 5.56 Å². The van der Waals surface area contributed by atoms with Gasteiger partial charge in [-0.2, -0.15) is 0 Å². The predicted octanol–water partition coefficient (Wildman–Crippen LogP) is -0.441. The van der Waals surface area contributed by atoms with Crippen molar-refractivity contribution in [3.8, 4) is 18.1 Å². The highest BCUT2D eigenvalue weighted by molar-refractivity contribution is 6.10. The van der Waals surface area contributed by atoms with Crippen LogP contribution in [0.3, 0.4) is 0 Å². The number of amides is 4. The van der Waals surface area contributed by atoms with Crippen LogP contribution in [0, 0.1) is 12.3 Å². The number of carbonyl (C=O) groups excluding carboxylic acids is 3. The molecule has 1 fully saturated rings. The highest BCUT2D eigenvalue weighted by Crippen LogP contribution is 2.27. The number of nitrogens with zero attached hydrogens (tertiary/aromatic N) is 1. The number of rotatable bonds is 2. The number of phenols is 1. The van der Waals surface area contributed by atoms with Gasteiger partial charge in [0.2, 0.25) is 0 Å². The number of fused-ring (bicyclic) bond motifs is 1. The first-order valence-electron chi connectivity index (χ1n) is 6.18. The van der Waals surface area contributed by atoms with Crippen molar-refractivity contribution in [1.29, 1.82) is 0 Å². The van der Waals surface area contributed by atoms with Gasteiger partial charge in [-0.3, -0.25) is 14.9 Å². The largest absolute Gasteiger partial charge is 0.508 e. The molecule has 2 aliphatic rings. The highest BCUT2D eigenvalue weighted by atomic mass is 16.3. The van der Waals surface area contributed by atoms with Crippen molar-refractivity contribution in [3.05, 3.63) is 29.3 Å². The molecule has 4 amide bonds. The van der Waals surface area contributed by atoms with Gasteiger partial charge in [-0.15, -0.1) is 6.42 Å². The van der Waals surface area contributed by atoms with Crippen LogP contribution in [-0.2, 0) is 11.3 Å². The number of terminal acetylenes is 1. The Morgan fingerprint density at radius 2 is 2.14 bits per heavy atom. The number of hydrogen-bond acceptors (Lipinski definition) is 4. The normalized spacial score (nSPS) is 23.6. The molecule has 0 aliphatic carbocycles. The van der Waals surface area contributed by atoms with Crippen LogP contribution in [0.5, 0.6) is 5.75 Å². The van der Waals surface area contributed by atoms with Crippen LogP contribution < -0.4 is 10.6 Å². The summed E-state index contributed by atoms with van der Waals surface area (Å²) in [7, 11) is 0. The van der Waals surface area contributed by atoms with Crippen molar-refractivity contribution in [2.75, 3.05) is 6.54 Å². The van der Waals surface area contributed by atoms with E-state index in [-0.39, 0.29) is 24.7 Å². The van der Waals surface area contributed by atoms with Crippen LogP contribution in [0.25, 0.3) is 0 Å². The third-order valence-corrected chi connectivity index (χ3v) is 3.59. The molecule has 1 atom stereocenters. The second kappa shape index (κ2) is 4.24. The third-order valence-electron chi connectivity index (χ3n) is 3.59. The van der Waals surface area contributed by atoms with Crippen molar-refractivity contribution < 1.29 is 19.5 Å². The average Bonchev–Trinajstić information content (AvgIpc) is 2.89. The number of carbonyl (C=O) groups is 3. The maximum atomic E-state index is 12.3. The van der Waals surface area contributed by atoms with Crippen LogP contribution in [0.4, 0.5) is 4.79 Å². The van der Waals surface area contributed by atoms with Crippen molar-refractivity contribution >= 4 is 17.8 Å². The van der Waals surface area contributed by atoms with E-state index in [1.54, 1.807) is 6.07 Å². The van der Waals surface area contributed by atoms with Crippen molar-refractivity contribution in [2.24, 2.45) is 0 Å². The second-order valence-electron chi connectivity index (χ2n) is 4.96. The van der Waals surface area contributed by atoms with Crippen molar-refractivity contribution in [2.45, 2.75) is 12.1 Å². The number of aromatic hydroxyl groups is 1. The second-order valence-corrected chi connectivity index (χ2v) is 4.96. The Morgan fingerprint density at radius 1 is 1.38 bits per heavy atom. The average molecular weight is 285 g/mol. The first kappa shape index (κ1) is 13.0. The Kier molecular flexibility index (Phi) is 2.63. The summed E-state index contributed by atoms with van der Waals surface area (Å²) in [4.78, 5) is 36.8. The molecular weight excluding hydrogens is 274 g/mol. The summed E-state index contributed by atoms with van der Waals surface area (Å²) in [6.07, 6.45) is 5.37. The van der Waals surface area contributed by atoms with Crippen molar-refractivity contribution in [1.82, 2.24) is 15.5 Å². The van der Waals surface area contributed by atoms with E-state index >= 15 is 0 Å². The summed E-state index contributed by atoms with van der Waals surface area (Å²) < 4.78 is 0. The molecule has 1 unspecified atom stereocenters. The summed E-state index contributed by atoms with van der Waals surface area (Å²) in [6, 6.07) is 3.81. The first-order chi connectivity index (χ1) is 9.95. The zero-order valence-electron chi connectivity index (χ0n) is 10.8. The number of hydrogen-bond donors (Lipinski definition) is 3. The summed E-state index contributed by atoms with van der Waals surface area (Å²) in [5, 5.41) is 13.9. The van der Waals surface area contributed by atoms with Gasteiger partial charge >= 0.3 is 6.03 Å². The van der Waals surface area contributed by atoms with E-state index in [4.69, 9.17) is 6.42 Å². The van der Waals surface area contributed by atoms with E-state index in [0.29, 0.717) is 5.56 Å². The third kappa shape index (κ3) is 1.89. The fourth-order valence-electron chi connectivity index (χ4n) is 2.51. The molecule has 21 heavy (non-hydrogen) atoms. The Bertz CT molecular complexity index is 721. The predicted molar refractivity (Wildman–Crippen MR) is 71.1 cm³/mol. The van der Waals surface area contributed by atoms with Gasteiger partial charge in [0.15, 0.2) is 5.54 Å². The van der Waals surface area contributed by atoms with Crippen molar-refractivity contribution in [3.63, 3.8) is 0 Å². The molecule has 0 aromatic heterocycles. The van der Waals surface area contributed by atoms with Crippen LogP contribution >= 0.6 is 0 Å². The lowest BCUT2D eigenvalue weighted by Crippen LogP contribution is -2.54. The summed E-state index contributed by atoms with van der Waals surface area (Å²) in [5.74, 6) is 1.25. The highest BCUT2D eigenvalue weighted by Gasteiger charge is 2.48. The van der Waals surface area contributed by atoms with E-state index in [1.165, 1.54) is 17.0 Å². The van der Waals surface area contributed by atoms with Gasteiger partial charge in [-0.1, -0.05) is 12.0 Å². The Hall–Kier alpha value is -3.01. The lowest BCUT2D eigenvalue weighted by molar-refractivity contribution is -0.122. The Morgan fingerprint density at radius 3 is 2.76 bits per heavy atom. The van der Waals surface area contributed by atoms with Gasteiger partial charge in [-0.25, -0.2) is 4.79 Å². The molecule has 106 valence electrons. The quantitative estimate of drug-likeness (QED) is 0.506. The number of nitrogens with one attached hydrogen (secondary N) is 2. The number of benzene rings is 1. The number of imide groups is 1. The summed E-state index contributed by atoms with van der Waals surface area (Å²) >= 11 is 0. The van der Waals surface area contributed by atoms with Crippen LogP contribution in [0.15, 0.2) is 18.2 Å². The molecule has 3 rings (SSSR count). The molecule has 1 saturated heterocycles. The SMILES string of the molecule is C#CC1(CN2Cc3ccc(O)cc3C2=O)NC(=O)NC1=O. The molecular formula is C14H11N3O4. The maximum absolute atomic E-state index is 12.3. The Labute approximate surface area is 119 Å². The lowest BCUT2D eigenvalue weighted by atomic mass is 10.0. The van der Waals surface area contributed by atoms with Crippen LogP contribution in [0.1, 0.15) is 15.9 Å². The molecule has 0 radical (unpaired) electrons. The number of urea groups is 1. The monoisotopic (exact) mass is 285 g/mol. The minimum Gasteiger partial charge on any atom is -0.508 e. The molecule has 2 heterocycles. The molecule has 7 nitrogen and oxygen atoms in total. The first-order valence-corrected chi connectivity index (χ1v) is 6.18. The molecule has 1 aromatic rings. The van der Waals surface area contributed by atoms with E-state index in [1.807, 2.05) is 0 Å².